The van der Waals surface area contributed by atoms with Crippen molar-refractivity contribution in [2.45, 2.75) is 76.2 Å². The number of carbonyl (C=O) groups is 3. The maximum Gasteiger partial charge on any atom is 0.481 e. The fourth-order valence-electron chi connectivity index (χ4n) is 5.30. The monoisotopic (exact) mass is 923 g/mol. The van der Waals surface area contributed by atoms with E-state index in [1.165, 1.54) is 13.8 Å². The van der Waals surface area contributed by atoms with Crippen molar-refractivity contribution in [1.82, 2.24) is 35.1 Å². The maximum absolute atomic E-state index is 12.7. The molecule has 3 rings (SSSR count). The highest BCUT2D eigenvalue weighted by molar-refractivity contribution is 8.13. The molecule has 3 heterocycles. The van der Waals surface area contributed by atoms with Gasteiger partial charge in [0.15, 0.2) is 17.7 Å². The van der Waals surface area contributed by atoms with Crippen molar-refractivity contribution in [2.24, 2.45) is 11.1 Å². The molecule has 2 amide bonds. The molecule has 1 fully saturated rings. The Labute approximate surface area is 342 Å². The number of unbranched alkanes of at least 4 members (excludes halogenated alkanes) is 1. The molecular formula is C29H52N9O17P3S. The number of aliphatic hydroxyl groups is 2. The molecule has 0 radical (unpaired) electrons. The van der Waals surface area contributed by atoms with Crippen molar-refractivity contribution in [2.75, 3.05) is 58.4 Å². The number of aliphatic hydroxyl groups excluding tert-OH is 2. The third-order valence-corrected chi connectivity index (χ3v) is 12.5. The van der Waals surface area contributed by atoms with Gasteiger partial charge in [0, 0.05) is 30.7 Å². The van der Waals surface area contributed by atoms with Crippen molar-refractivity contribution in [1.29, 1.82) is 0 Å². The average molecular weight is 924 g/mol. The highest BCUT2D eigenvalue weighted by Gasteiger charge is 2.50. The fourth-order valence-corrected chi connectivity index (χ4v) is 8.87. The van der Waals surface area contributed by atoms with Gasteiger partial charge in [-0.2, -0.15) is 4.31 Å². The molecule has 1 aliphatic heterocycles. The molecule has 0 spiro atoms. The quantitative estimate of drug-likeness (QED) is 0.0410. The number of phosphoric acid groups is 3. The number of amides is 2. The third kappa shape index (κ3) is 16.4. The van der Waals surface area contributed by atoms with Crippen LogP contribution >= 0.6 is 35.2 Å². The number of thioether (sulfide) groups is 1. The number of fused-ring (bicyclic) bond motifs is 1. The van der Waals surface area contributed by atoms with Crippen LogP contribution in [0.2, 0.25) is 0 Å². The molecule has 336 valence electrons. The molecular weight excluding hydrogens is 871 g/mol. The van der Waals surface area contributed by atoms with Gasteiger partial charge in [-0.3, -0.25) is 32.5 Å². The molecule has 59 heavy (non-hydrogen) atoms. The zero-order valence-corrected chi connectivity index (χ0v) is 36.0. The van der Waals surface area contributed by atoms with E-state index in [-0.39, 0.29) is 47.4 Å². The first-order valence-corrected chi connectivity index (χ1v) is 23.3. The molecule has 1 saturated heterocycles. The zero-order valence-electron chi connectivity index (χ0n) is 32.5. The van der Waals surface area contributed by atoms with Crippen molar-refractivity contribution >= 4 is 69.1 Å². The van der Waals surface area contributed by atoms with Crippen molar-refractivity contribution in [3.63, 3.8) is 0 Å². The highest BCUT2D eigenvalue weighted by atomic mass is 32.2. The lowest BCUT2D eigenvalue weighted by molar-refractivity contribution is -0.137. The number of hydrogen-bond donors (Lipinski definition) is 10. The zero-order chi connectivity index (χ0) is 44.3. The molecule has 0 bridgehead atoms. The minimum absolute atomic E-state index is 0.0284. The van der Waals surface area contributed by atoms with Crippen molar-refractivity contribution in [3.8, 4) is 0 Å². The Hall–Kier alpha value is -2.52. The second-order valence-electron chi connectivity index (χ2n) is 14.1. The van der Waals surface area contributed by atoms with Gasteiger partial charge in [0.05, 0.1) is 25.6 Å². The summed E-state index contributed by atoms with van der Waals surface area (Å²) in [4.78, 5) is 90.0. The van der Waals surface area contributed by atoms with Crippen LogP contribution in [0.1, 0.15) is 45.8 Å². The van der Waals surface area contributed by atoms with Gasteiger partial charge in [-0.1, -0.05) is 32.0 Å². The number of nitrogens with zero attached hydrogens (tertiary/aromatic N) is 5. The van der Waals surface area contributed by atoms with Gasteiger partial charge in [0.25, 0.3) is 0 Å². The molecule has 30 heteroatoms. The van der Waals surface area contributed by atoms with Gasteiger partial charge in [-0.15, -0.1) is 0 Å². The van der Waals surface area contributed by atoms with Gasteiger partial charge in [0.1, 0.15) is 36.3 Å². The van der Waals surface area contributed by atoms with Gasteiger partial charge < -0.3 is 61.5 Å². The first-order chi connectivity index (χ1) is 27.3. The molecule has 26 nitrogen and oxygen atoms in total. The summed E-state index contributed by atoms with van der Waals surface area (Å²) in [7, 11) is -12.5. The SMILES string of the molecule is CN(C)CCCCC(N)C(=O)SCCNC(=O)CCNC(=O)C(O)C(C)(C)COP(=O)(O)OP(=O)(O)OCC1OC(n2cnc3c(N)ncnc32)C(O)C1OP(=O)(O)O. The topological polar surface area (TPSA) is 393 Å². The summed E-state index contributed by atoms with van der Waals surface area (Å²) in [5.41, 5.74) is 10.2. The molecule has 2 aromatic heterocycles. The lowest BCUT2D eigenvalue weighted by Crippen LogP contribution is -2.46. The first kappa shape index (κ1) is 50.8. The molecule has 2 aromatic rings. The number of hydrogen-bond acceptors (Lipinski definition) is 20. The highest BCUT2D eigenvalue weighted by Crippen LogP contribution is 2.61. The number of carbonyl (C=O) groups excluding carboxylic acids is 3. The van der Waals surface area contributed by atoms with Crippen molar-refractivity contribution < 1.29 is 80.5 Å². The van der Waals surface area contributed by atoms with E-state index >= 15 is 0 Å². The summed E-state index contributed by atoms with van der Waals surface area (Å²) in [6.07, 6.45) is -4.67. The predicted molar refractivity (Wildman–Crippen MR) is 207 cm³/mol. The van der Waals surface area contributed by atoms with E-state index in [1.807, 2.05) is 19.0 Å². The Balaban J connectivity index is 1.44. The number of rotatable bonds is 25. The van der Waals surface area contributed by atoms with Crippen LogP contribution in [0.3, 0.4) is 0 Å². The molecule has 8 unspecified atom stereocenters. The van der Waals surface area contributed by atoms with E-state index < -0.39 is 90.6 Å². The lowest BCUT2D eigenvalue weighted by atomic mass is 9.87. The number of phosphoric ester groups is 3. The minimum Gasteiger partial charge on any atom is -0.386 e. The summed E-state index contributed by atoms with van der Waals surface area (Å²) in [5.74, 6) is -1.19. The van der Waals surface area contributed by atoms with E-state index in [2.05, 4.69) is 34.4 Å². The van der Waals surface area contributed by atoms with Crippen LogP contribution < -0.4 is 22.1 Å². The van der Waals surface area contributed by atoms with E-state index in [1.54, 1.807) is 0 Å². The van der Waals surface area contributed by atoms with Crippen LogP contribution in [-0.2, 0) is 50.7 Å². The maximum atomic E-state index is 12.7. The Morgan fingerprint density at radius 3 is 2.39 bits per heavy atom. The smallest absolute Gasteiger partial charge is 0.386 e. The fraction of sp³-hybridized carbons (Fsp3) is 0.724. The van der Waals surface area contributed by atoms with E-state index in [4.69, 9.17) is 25.3 Å². The number of imidazole rings is 1. The summed E-state index contributed by atoms with van der Waals surface area (Å²) < 4.78 is 62.2. The second kappa shape index (κ2) is 22.0. The van der Waals surface area contributed by atoms with Crippen LogP contribution in [0, 0.1) is 5.41 Å². The predicted octanol–water partition coefficient (Wildman–Crippen LogP) is -1.28. The van der Waals surface area contributed by atoms with Crippen LogP contribution in [0.5, 0.6) is 0 Å². The normalized spacial score (nSPS) is 21.8. The largest absolute Gasteiger partial charge is 0.481 e. The van der Waals surface area contributed by atoms with Gasteiger partial charge in [-0.05, 0) is 33.5 Å². The number of aromatic nitrogens is 4. The average Bonchev–Trinajstić information content (AvgIpc) is 3.69. The molecule has 0 aliphatic carbocycles. The Kier molecular flexibility index (Phi) is 19.0. The molecule has 8 atom stereocenters. The molecule has 0 saturated carbocycles. The number of ether oxygens (including phenoxy) is 1. The van der Waals surface area contributed by atoms with Crippen molar-refractivity contribution in [3.05, 3.63) is 12.7 Å². The number of nitrogens with two attached hydrogens (primary N) is 2. The van der Waals surface area contributed by atoms with Crippen LogP contribution in [0.4, 0.5) is 5.82 Å². The van der Waals surface area contributed by atoms with Gasteiger partial charge >= 0.3 is 23.5 Å². The van der Waals surface area contributed by atoms with E-state index in [0.29, 0.717) is 6.42 Å². The number of nitrogen functional groups attached to an aromatic ring is 1. The van der Waals surface area contributed by atoms with Gasteiger partial charge in [0.2, 0.25) is 16.9 Å². The number of anilines is 1. The summed E-state index contributed by atoms with van der Waals surface area (Å²) in [6.45, 7) is 1.32. The van der Waals surface area contributed by atoms with Crippen LogP contribution in [0.25, 0.3) is 11.2 Å². The Bertz CT molecular complexity index is 1890. The van der Waals surface area contributed by atoms with Gasteiger partial charge in [-0.25, -0.2) is 28.6 Å². The van der Waals surface area contributed by atoms with Crippen LogP contribution in [0.15, 0.2) is 12.7 Å². The van der Waals surface area contributed by atoms with E-state index in [9.17, 15) is 57.9 Å². The lowest BCUT2D eigenvalue weighted by Gasteiger charge is -2.30. The standard InChI is InChI=1S/C29H52N9O17P3S/c1-29(2,23(41)26(42)33-9-8-19(39)32-10-12-59-28(43)17(30)7-5-6-11-37(3)4)14-52-58(49,50)55-57(47,48)51-13-18-22(54-56(44,45)46)21(40)27(53-18)38-16-36-20-24(31)34-15-35-25(20)38/h15-18,21-23,27,40-41H,5-14,30H2,1-4H3,(H,32,39)(H,33,42)(H,47,48)(H,49,50)(H2,31,34,35)(H2,44,45,46). The molecule has 12 N–H and O–H groups in total. The first-order valence-electron chi connectivity index (χ1n) is 17.8. The molecule has 1 aliphatic rings. The summed E-state index contributed by atoms with van der Waals surface area (Å²) in [5, 5.41) is 26.2. The Morgan fingerprint density at radius 1 is 1.05 bits per heavy atom. The minimum atomic E-state index is -5.58. The third-order valence-electron chi connectivity index (χ3n) is 8.42. The summed E-state index contributed by atoms with van der Waals surface area (Å²) in [6, 6.07) is -0.602. The van der Waals surface area contributed by atoms with Crippen LogP contribution in [-0.4, -0.2) is 154 Å². The second-order valence-corrected chi connectivity index (χ2v) is 19.5. The number of nitrogens with one attached hydrogen (secondary N) is 2. The summed E-state index contributed by atoms with van der Waals surface area (Å²) >= 11 is 1.01. The molecule has 0 aromatic carbocycles. The Morgan fingerprint density at radius 2 is 1.73 bits per heavy atom. The van der Waals surface area contributed by atoms with E-state index in [0.717, 1.165) is 48.4 Å².